The van der Waals surface area contributed by atoms with Gasteiger partial charge in [0.25, 0.3) is 0 Å². The monoisotopic (exact) mass is 227 g/mol. The van der Waals surface area contributed by atoms with Gasteiger partial charge in [-0.3, -0.25) is 9.69 Å². The van der Waals surface area contributed by atoms with Crippen molar-refractivity contribution < 1.29 is 9.53 Å². The minimum Gasteiger partial charge on any atom is -0.383 e. The van der Waals surface area contributed by atoms with Crippen molar-refractivity contribution in [2.24, 2.45) is 5.92 Å². The number of ketones is 1. The third-order valence-electron chi connectivity index (χ3n) is 3.57. The van der Waals surface area contributed by atoms with E-state index in [-0.39, 0.29) is 5.92 Å². The molecule has 16 heavy (non-hydrogen) atoms. The standard InChI is InChI=1S/C13H25NO2/c1-4-14(11(2)10-16-3)9-12-7-5-6-8-13(12)15/h11-12H,4-10H2,1-3H3. The van der Waals surface area contributed by atoms with Gasteiger partial charge in [0.2, 0.25) is 0 Å². The maximum Gasteiger partial charge on any atom is 0.137 e. The lowest BCUT2D eigenvalue weighted by Crippen LogP contribution is -2.41. The van der Waals surface area contributed by atoms with E-state index in [1.165, 1.54) is 6.42 Å². The Balaban J connectivity index is 2.44. The van der Waals surface area contributed by atoms with Gasteiger partial charge in [-0.25, -0.2) is 0 Å². The number of carbonyl (C=O) groups is 1. The fourth-order valence-corrected chi connectivity index (χ4v) is 2.50. The van der Waals surface area contributed by atoms with E-state index in [1.54, 1.807) is 7.11 Å². The van der Waals surface area contributed by atoms with Gasteiger partial charge >= 0.3 is 0 Å². The quantitative estimate of drug-likeness (QED) is 0.696. The summed E-state index contributed by atoms with van der Waals surface area (Å²) in [7, 11) is 1.73. The van der Waals surface area contributed by atoms with Crippen molar-refractivity contribution >= 4 is 5.78 Å². The number of nitrogens with zero attached hydrogens (tertiary/aromatic N) is 1. The van der Waals surface area contributed by atoms with Gasteiger partial charge in [0.05, 0.1) is 6.61 Å². The van der Waals surface area contributed by atoms with Gasteiger partial charge in [-0.2, -0.15) is 0 Å². The molecule has 0 aromatic heterocycles. The Hall–Kier alpha value is -0.410. The lowest BCUT2D eigenvalue weighted by molar-refractivity contribution is -0.125. The van der Waals surface area contributed by atoms with Crippen LogP contribution in [0.2, 0.25) is 0 Å². The predicted molar refractivity (Wildman–Crippen MR) is 65.6 cm³/mol. The SMILES string of the molecule is CCN(CC1CCCCC1=O)C(C)COC. The van der Waals surface area contributed by atoms with Gasteiger partial charge in [0.15, 0.2) is 0 Å². The number of likely N-dealkylation sites (N-methyl/N-ethyl adjacent to an activating group) is 1. The third kappa shape index (κ3) is 3.87. The predicted octanol–water partition coefficient (Wildman–Crippen LogP) is 2.10. The van der Waals surface area contributed by atoms with E-state index in [2.05, 4.69) is 18.7 Å². The normalized spacial score (nSPS) is 23.8. The van der Waals surface area contributed by atoms with Crippen LogP contribution < -0.4 is 0 Å². The number of methoxy groups -OCH3 is 1. The second-order valence-corrected chi connectivity index (χ2v) is 4.80. The first-order chi connectivity index (χ1) is 7.69. The van der Waals surface area contributed by atoms with Crippen LogP contribution in [0.1, 0.15) is 39.5 Å². The minimum atomic E-state index is 0.271. The number of carbonyl (C=O) groups excluding carboxylic acids is 1. The molecule has 0 amide bonds. The van der Waals surface area contributed by atoms with Crippen LogP contribution >= 0.6 is 0 Å². The van der Waals surface area contributed by atoms with E-state index in [4.69, 9.17) is 4.74 Å². The minimum absolute atomic E-state index is 0.271. The Morgan fingerprint density at radius 3 is 2.81 bits per heavy atom. The zero-order valence-electron chi connectivity index (χ0n) is 10.9. The van der Waals surface area contributed by atoms with Crippen LogP contribution in [-0.2, 0) is 9.53 Å². The molecule has 0 N–H and O–H groups in total. The maximum atomic E-state index is 11.8. The summed E-state index contributed by atoms with van der Waals surface area (Å²) >= 11 is 0. The molecule has 0 aliphatic heterocycles. The summed E-state index contributed by atoms with van der Waals surface area (Å²) in [5.41, 5.74) is 0. The van der Waals surface area contributed by atoms with Crippen molar-refractivity contribution in [2.75, 3.05) is 26.8 Å². The summed E-state index contributed by atoms with van der Waals surface area (Å²) in [4.78, 5) is 14.1. The number of ether oxygens (including phenoxy) is 1. The van der Waals surface area contributed by atoms with E-state index in [9.17, 15) is 4.79 Å². The second-order valence-electron chi connectivity index (χ2n) is 4.80. The molecule has 3 nitrogen and oxygen atoms in total. The number of hydrogen-bond acceptors (Lipinski definition) is 3. The first kappa shape index (κ1) is 13.7. The first-order valence-corrected chi connectivity index (χ1v) is 6.44. The van der Waals surface area contributed by atoms with Gasteiger partial charge in [-0.1, -0.05) is 13.3 Å². The highest BCUT2D eigenvalue weighted by molar-refractivity contribution is 5.81. The lowest BCUT2D eigenvalue weighted by Gasteiger charge is -2.32. The Morgan fingerprint density at radius 1 is 1.50 bits per heavy atom. The topological polar surface area (TPSA) is 29.5 Å². The molecular weight excluding hydrogens is 202 g/mol. The molecule has 94 valence electrons. The van der Waals surface area contributed by atoms with E-state index in [0.717, 1.165) is 39.0 Å². The molecule has 1 rings (SSSR count). The summed E-state index contributed by atoms with van der Waals surface area (Å²) in [6, 6.07) is 0.407. The van der Waals surface area contributed by atoms with Gasteiger partial charge < -0.3 is 4.74 Å². The van der Waals surface area contributed by atoms with Crippen LogP contribution in [0.5, 0.6) is 0 Å². The number of rotatable bonds is 6. The van der Waals surface area contributed by atoms with Crippen molar-refractivity contribution in [1.82, 2.24) is 4.90 Å². The zero-order valence-corrected chi connectivity index (χ0v) is 10.9. The number of Topliss-reactive ketones (excluding diaryl/α,β-unsaturated/α-hetero) is 1. The molecule has 1 aliphatic rings. The number of hydrogen-bond donors (Lipinski definition) is 0. The van der Waals surface area contributed by atoms with Crippen molar-refractivity contribution in [3.05, 3.63) is 0 Å². The third-order valence-corrected chi connectivity index (χ3v) is 3.57. The first-order valence-electron chi connectivity index (χ1n) is 6.44. The van der Waals surface area contributed by atoms with Crippen LogP contribution in [0, 0.1) is 5.92 Å². The van der Waals surface area contributed by atoms with Crippen molar-refractivity contribution in [3.63, 3.8) is 0 Å². The summed E-state index contributed by atoms with van der Waals surface area (Å²) in [6.07, 6.45) is 4.18. The molecule has 3 heteroatoms. The van der Waals surface area contributed by atoms with Crippen LogP contribution in [0.15, 0.2) is 0 Å². The Bertz CT molecular complexity index is 218. The fraction of sp³-hybridized carbons (Fsp3) is 0.923. The van der Waals surface area contributed by atoms with Crippen LogP contribution in [0.3, 0.4) is 0 Å². The van der Waals surface area contributed by atoms with E-state index in [1.807, 2.05) is 0 Å². The largest absolute Gasteiger partial charge is 0.383 e. The highest BCUT2D eigenvalue weighted by Gasteiger charge is 2.25. The van der Waals surface area contributed by atoms with E-state index < -0.39 is 0 Å². The molecule has 2 atom stereocenters. The van der Waals surface area contributed by atoms with Gasteiger partial charge in [-0.05, 0) is 26.3 Å². The molecule has 0 aromatic rings. The molecule has 1 saturated carbocycles. The summed E-state index contributed by atoms with van der Waals surface area (Å²) in [6.45, 7) is 6.97. The fourth-order valence-electron chi connectivity index (χ4n) is 2.50. The van der Waals surface area contributed by atoms with Crippen molar-refractivity contribution in [2.45, 2.75) is 45.6 Å². The van der Waals surface area contributed by atoms with Crippen LogP contribution in [0.4, 0.5) is 0 Å². The molecule has 0 saturated heterocycles. The van der Waals surface area contributed by atoms with Gasteiger partial charge in [0, 0.05) is 32.0 Å². The lowest BCUT2D eigenvalue weighted by atomic mass is 9.87. The molecule has 0 bridgehead atoms. The molecule has 1 aliphatic carbocycles. The summed E-state index contributed by atoms with van der Waals surface area (Å²) in [5.74, 6) is 0.738. The molecule has 0 aromatic carbocycles. The molecule has 1 fully saturated rings. The summed E-state index contributed by atoms with van der Waals surface area (Å²) in [5, 5.41) is 0. The summed E-state index contributed by atoms with van der Waals surface area (Å²) < 4.78 is 5.18. The highest BCUT2D eigenvalue weighted by Crippen LogP contribution is 2.22. The molecule has 2 unspecified atom stereocenters. The molecule has 0 spiro atoms. The Morgan fingerprint density at radius 2 is 2.25 bits per heavy atom. The maximum absolute atomic E-state index is 11.8. The van der Waals surface area contributed by atoms with Crippen molar-refractivity contribution in [1.29, 1.82) is 0 Å². The smallest absolute Gasteiger partial charge is 0.137 e. The van der Waals surface area contributed by atoms with Gasteiger partial charge in [0.1, 0.15) is 5.78 Å². The average molecular weight is 227 g/mol. The molecular formula is C13H25NO2. The highest BCUT2D eigenvalue weighted by atomic mass is 16.5. The molecule has 0 radical (unpaired) electrons. The van der Waals surface area contributed by atoms with Gasteiger partial charge in [-0.15, -0.1) is 0 Å². The van der Waals surface area contributed by atoms with Crippen LogP contribution in [-0.4, -0.2) is 43.5 Å². The van der Waals surface area contributed by atoms with Crippen molar-refractivity contribution in [3.8, 4) is 0 Å². The Kier molecular flexibility index (Phi) is 5.99. The molecule has 0 heterocycles. The zero-order chi connectivity index (χ0) is 12.0. The second kappa shape index (κ2) is 7.02. The van der Waals surface area contributed by atoms with E-state index >= 15 is 0 Å². The van der Waals surface area contributed by atoms with E-state index in [0.29, 0.717) is 11.8 Å². The average Bonchev–Trinajstić information content (AvgIpc) is 2.28. The van der Waals surface area contributed by atoms with Crippen LogP contribution in [0.25, 0.3) is 0 Å². The Labute approximate surface area is 99.1 Å².